The third kappa shape index (κ3) is 2.64. The fraction of sp³-hybridized carbons (Fsp3) is 0.286. The van der Waals surface area contributed by atoms with Crippen LogP contribution in [0.15, 0.2) is 18.2 Å². The number of fused-ring (bicyclic) bond motifs is 1. The molecule has 0 aliphatic rings. The molecule has 0 aliphatic carbocycles. The monoisotopic (exact) mass is 301 g/mol. The average Bonchev–Trinajstić information content (AvgIpc) is 2.88. The zero-order chi connectivity index (χ0) is 14.8. The molecular weight excluding hydrogens is 286 g/mol. The smallest absolute Gasteiger partial charge is 0.233 e. The Bertz CT molecular complexity index is 769. The number of aryl methyl sites for hydroxylation is 1. The van der Waals surface area contributed by atoms with Crippen molar-refractivity contribution in [3.8, 4) is 17.4 Å². The van der Waals surface area contributed by atoms with E-state index in [9.17, 15) is 0 Å². The fourth-order valence-electron chi connectivity index (χ4n) is 2.01. The maximum absolute atomic E-state index is 5.02. The van der Waals surface area contributed by atoms with Gasteiger partial charge in [-0.2, -0.15) is 0 Å². The van der Waals surface area contributed by atoms with Crippen molar-refractivity contribution in [3.63, 3.8) is 0 Å². The molecule has 0 radical (unpaired) electrons. The van der Waals surface area contributed by atoms with Gasteiger partial charge in [-0.25, -0.2) is 9.97 Å². The lowest BCUT2D eigenvalue weighted by molar-refractivity contribution is 0.392. The van der Waals surface area contributed by atoms with Crippen LogP contribution in [-0.4, -0.2) is 33.8 Å². The molecule has 3 heterocycles. The maximum Gasteiger partial charge on any atom is 0.233 e. The highest BCUT2D eigenvalue weighted by Gasteiger charge is 2.12. The molecule has 0 unspecified atom stereocenters. The van der Waals surface area contributed by atoms with E-state index in [0.717, 1.165) is 22.6 Å². The molecule has 0 bridgehead atoms. The summed E-state index contributed by atoms with van der Waals surface area (Å²) in [5, 5.41) is 12.4. The first-order chi connectivity index (χ1) is 10.2. The van der Waals surface area contributed by atoms with Crippen LogP contribution in [0.25, 0.3) is 21.7 Å². The number of ether oxygens (including phenoxy) is 1. The van der Waals surface area contributed by atoms with Crippen LogP contribution in [0.4, 0.5) is 5.82 Å². The Kier molecular flexibility index (Phi) is 3.66. The lowest BCUT2D eigenvalue weighted by Gasteiger charge is -2.06. The maximum atomic E-state index is 5.02. The van der Waals surface area contributed by atoms with Gasteiger partial charge in [-0.05, 0) is 26.0 Å². The summed E-state index contributed by atoms with van der Waals surface area (Å²) in [6.45, 7) is 4.91. The van der Waals surface area contributed by atoms with Crippen molar-refractivity contribution in [1.29, 1.82) is 0 Å². The minimum absolute atomic E-state index is 0.471. The van der Waals surface area contributed by atoms with E-state index >= 15 is 0 Å². The molecule has 0 aliphatic heterocycles. The number of hydrogen-bond donors (Lipinski definition) is 1. The standard InChI is InChI=1S/C14H15N5OS/c1-4-15-12-9-7-8(2)21-14(9)17-13(16-12)10-5-6-11(20-3)19-18-10/h5-7H,4H2,1-3H3,(H,15,16,17). The largest absolute Gasteiger partial charge is 0.480 e. The van der Waals surface area contributed by atoms with Crippen molar-refractivity contribution >= 4 is 27.4 Å². The Morgan fingerprint density at radius 1 is 1.24 bits per heavy atom. The Morgan fingerprint density at radius 2 is 2.10 bits per heavy atom. The Morgan fingerprint density at radius 3 is 2.76 bits per heavy atom. The Labute approximate surface area is 126 Å². The number of rotatable bonds is 4. The molecule has 0 amide bonds. The van der Waals surface area contributed by atoms with Crippen molar-refractivity contribution in [2.75, 3.05) is 19.0 Å². The van der Waals surface area contributed by atoms with Gasteiger partial charge in [-0.3, -0.25) is 0 Å². The molecule has 3 rings (SSSR count). The summed E-state index contributed by atoms with van der Waals surface area (Å²) in [4.78, 5) is 11.3. The van der Waals surface area contributed by atoms with Gasteiger partial charge in [-0.15, -0.1) is 21.5 Å². The SMILES string of the molecule is CCNc1nc(-c2ccc(OC)nn2)nc2sc(C)cc12. The molecule has 0 saturated carbocycles. The van der Waals surface area contributed by atoms with E-state index in [4.69, 9.17) is 4.74 Å². The van der Waals surface area contributed by atoms with Crippen molar-refractivity contribution < 1.29 is 4.74 Å². The van der Waals surface area contributed by atoms with E-state index in [1.165, 1.54) is 4.88 Å². The van der Waals surface area contributed by atoms with E-state index in [1.54, 1.807) is 24.5 Å². The molecule has 0 saturated heterocycles. The molecule has 7 heteroatoms. The number of hydrogen-bond acceptors (Lipinski definition) is 7. The molecule has 0 spiro atoms. The fourth-order valence-corrected chi connectivity index (χ4v) is 2.89. The molecular formula is C14H15N5OS. The van der Waals surface area contributed by atoms with Gasteiger partial charge in [0.25, 0.3) is 0 Å². The van der Waals surface area contributed by atoms with Crippen LogP contribution in [0.3, 0.4) is 0 Å². The predicted octanol–water partition coefficient (Wildman–Crippen LogP) is 2.90. The van der Waals surface area contributed by atoms with Gasteiger partial charge in [-0.1, -0.05) is 0 Å². The first kappa shape index (κ1) is 13.7. The highest BCUT2D eigenvalue weighted by atomic mass is 32.1. The van der Waals surface area contributed by atoms with Crippen LogP contribution in [0.5, 0.6) is 5.88 Å². The van der Waals surface area contributed by atoms with Crippen LogP contribution in [0.2, 0.25) is 0 Å². The quantitative estimate of drug-likeness (QED) is 0.799. The second-order valence-electron chi connectivity index (χ2n) is 4.46. The predicted molar refractivity (Wildman–Crippen MR) is 83.9 cm³/mol. The third-order valence-corrected chi connectivity index (χ3v) is 3.88. The molecule has 0 atom stereocenters. The summed E-state index contributed by atoms with van der Waals surface area (Å²) in [7, 11) is 1.56. The lowest BCUT2D eigenvalue weighted by atomic mass is 10.3. The highest BCUT2D eigenvalue weighted by molar-refractivity contribution is 7.18. The van der Waals surface area contributed by atoms with E-state index in [2.05, 4.69) is 38.5 Å². The zero-order valence-electron chi connectivity index (χ0n) is 12.0. The summed E-state index contributed by atoms with van der Waals surface area (Å²) in [6, 6.07) is 5.66. The summed E-state index contributed by atoms with van der Waals surface area (Å²) in [6.07, 6.45) is 0. The van der Waals surface area contributed by atoms with Crippen molar-refractivity contribution in [1.82, 2.24) is 20.2 Å². The van der Waals surface area contributed by atoms with Gasteiger partial charge in [0.1, 0.15) is 16.3 Å². The molecule has 3 aromatic heterocycles. The second kappa shape index (κ2) is 5.61. The van der Waals surface area contributed by atoms with E-state index in [-0.39, 0.29) is 0 Å². The molecule has 0 fully saturated rings. The van der Waals surface area contributed by atoms with Crippen LogP contribution >= 0.6 is 11.3 Å². The number of thiophene rings is 1. The Hall–Kier alpha value is -2.28. The molecule has 108 valence electrons. The zero-order valence-corrected chi connectivity index (χ0v) is 12.9. The number of nitrogens with one attached hydrogen (secondary N) is 1. The minimum atomic E-state index is 0.471. The molecule has 21 heavy (non-hydrogen) atoms. The molecule has 3 aromatic rings. The van der Waals surface area contributed by atoms with Gasteiger partial charge < -0.3 is 10.1 Å². The van der Waals surface area contributed by atoms with Crippen LogP contribution in [-0.2, 0) is 0 Å². The summed E-state index contributed by atoms with van der Waals surface area (Å²) >= 11 is 1.64. The number of methoxy groups -OCH3 is 1. The van der Waals surface area contributed by atoms with Gasteiger partial charge in [0.05, 0.1) is 12.5 Å². The van der Waals surface area contributed by atoms with Gasteiger partial charge >= 0.3 is 0 Å². The van der Waals surface area contributed by atoms with Crippen LogP contribution < -0.4 is 10.1 Å². The van der Waals surface area contributed by atoms with E-state index in [0.29, 0.717) is 17.4 Å². The molecule has 0 aromatic carbocycles. The van der Waals surface area contributed by atoms with Gasteiger partial charge in [0, 0.05) is 17.5 Å². The second-order valence-corrected chi connectivity index (χ2v) is 5.70. The third-order valence-electron chi connectivity index (χ3n) is 2.94. The first-order valence-corrected chi connectivity index (χ1v) is 7.43. The van der Waals surface area contributed by atoms with E-state index in [1.807, 2.05) is 13.0 Å². The summed E-state index contributed by atoms with van der Waals surface area (Å²) in [5.41, 5.74) is 0.628. The molecule has 6 nitrogen and oxygen atoms in total. The van der Waals surface area contributed by atoms with Gasteiger partial charge in [0.2, 0.25) is 5.88 Å². The average molecular weight is 301 g/mol. The van der Waals surface area contributed by atoms with Crippen molar-refractivity contribution in [3.05, 3.63) is 23.1 Å². The number of anilines is 1. The first-order valence-electron chi connectivity index (χ1n) is 6.61. The van der Waals surface area contributed by atoms with Crippen LogP contribution in [0.1, 0.15) is 11.8 Å². The molecule has 1 N–H and O–H groups in total. The normalized spacial score (nSPS) is 10.8. The number of aromatic nitrogens is 4. The Balaban J connectivity index is 2.12. The summed E-state index contributed by atoms with van der Waals surface area (Å²) in [5.74, 6) is 1.87. The van der Waals surface area contributed by atoms with E-state index < -0.39 is 0 Å². The lowest BCUT2D eigenvalue weighted by Crippen LogP contribution is -2.03. The topological polar surface area (TPSA) is 72.8 Å². The van der Waals surface area contributed by atoms with Gasteiger partial charge in [0.15, 0.2) is 5.82 Å². The minimum Gasteiger partial charge on any atom is -0.480 e. The van der Waals surface area contributed by atoms with Crippen LogP contribution in [0, 0.1) is 6.92 Å². The van der Waals surface area contributed by atoms with Crippen molar-refractivity contribution in [2.24, 2.45) is 0 Å². The summed E-state index contributed by atoms with van der Waals surface area (Å²) < 4.78 is 5.02. The highest BCUT2D eigenvalue weighted by Crippen LogP contribution is 2.30. The van der Waals surface area contributed by atoms with Crippen molar-refractivity contribution in [2.45, 2.75) is 13.8 Å². The number of nitrogens with zero attached hydrogens (tertiary/aromatic N) is 4.